The lowest BCUT2D eigenvalue weighted by molar-refractivity contribution is -0.384. The smallest absolute Gasteiger partial charge is 0.271 e. The van der Waals surface area contributed by atoms with Crippen LogP contribution in [0.4, 0.5) is 5.69 Å². The van der Waals surface area contributed by atoms with Crippen molar-refractivity contribution in [3.63, 3.8) is 0 Å². The van der Waals surface area contributed by atoms with Crippen molar-refractivity contribution in [3.05, 3.63) is 111 Å². The van der Waals surface area contributed by atoms with E-state index >= 15 is 0 Å². The van der Waals surface area contributed by atoms with Crippen molar-refractivity contribution in [2.45, 2.75) is 5.79 Å². The number of methoxy groups -OCH3 is 1. The van der Waals surface area contributed by atoms with E-state index in [-0.39, 0.29) is 5.69 Å². The van der Waals surface area contributed by atoms with Crippen molar-refractivity contribution in [3.8, 4) is 17.6 Å². The van der Waals surface area contributed by atoms with Crippen molar-refractivity contribution in [1.82, 2.24) is 0 Å². The molecule has 0 fully saturated rings. The molecule has 4 rings (SSSR count). The monoisotopic (exact) mass is 383 g/mol. The van der Waals surface area contributed by atoms with Gasteiger partial charge in [0.2, 0.25) is 0 Å². The van der Waals surface area contributed by atoms with Gasteiger partial charge in [0, 0.05) is 35.9 Å². The average molecular weight is 383 g/mol. The number of hydrogen-bond donors (Lipinski definition) is 0. The first-order valence-corrected chi connectivity index (χ1v) is 9.00. The average Bonchev–Trinajstić information content (AvgIpc) is 2.77. The van der Waals surface area contributed by atoms with Crippen LogP contribution in [0.1, 0.15) is 16.7 Å². The second-order valence-corrected chi connectivity index (χ2v) is 6.44. The Morgan fingerprint density at radius 2 is 1.66 bits per heavy atom. The van der Waals surface area contributed by atoms with Gasteiger partial charge in [-0.3, -0.25) is 10.1 Å². The lowest BCUT2D eigenvalue weighted by Crippen LogP contribution is -2.39. The third-order valence-corrected chi connectivity index (χ3v) is 4.67. The molecule has 5 nitrogen and oxygen atoms in total. The lowest BCUT2D eigenvalue weighted by Gasteiger charge is -2.36. The van der Waals surface area contributed by atoms with Gasteiger partial charge in [0.15, 0.2) is 0 Å². The maximum atomic E-state index is 11.2. The minimum atomic E-state index is -1.24. The second kappa shape index (κ2) is 7.63. The van der Waals surface area contributed by atoms with Crippen molar-refractivity contribution < 1.29 is 14.4 Å². The second-order valence-electron chi connectivity index (χ2n) is 6.44. The van der Waals surface area contributed by atoms with Crippen LogP contribution in [-0.4, -0.2) is 12.0 Å². The van der Waals surface area contributed by atoms with Gasteiger partial charge in [0.25, 0.3) is 11.5 Å². The predicted octanol–water partition coefficient (Wildman–Crippen LogP) is 4.92. The Kier molecular flexibility index (Phi) is 4.86. The van der Waals surface area contributed by atoms with Gasteiger partial charge in [-0.1, -0.05) is 60.4 Å². The Morgan fingerprint density at radius 3 is 2.31 bits per heavy atom. The van der Waals surface area contributed by atoms with E-state index in [1.807, 2.05) is 60.7 Å². The molecule has 1 heterocycles. The van der Waals surface area contributed by atoms with Gasteiger partial charge in [-0.25, -0.2) is 0 Å². The highest BCUT2D eigenvalue weighted by Crippen LogP contribution is 2.43. The third kappa shape index (κ3) is 3.49. The van der Waals surface area contributed by atoms with E-state index in [2.05, 4.69) is 11.8 Å². The van der Waals surface area contributed by atoms with E-state index in [1.54, 1.807) is 19.3 Å². The Balaban J connectivity index is 1.90. The third-order valence-electron chi connectivity index (χ3n) is 4.67. The van der Waals surface area contributed by atoms with Crippen molar-refractivity contribution in [1.29, 1.82) is 0 Å². The zero-order chi connectivity index (χ0) is 20.3. The molecule has 3 aromatic rings. The molecule has 142 valence electrons. The highest BCUT2D eigenvalue weighted by molar-refractivity contribution is 5.71. The number of nitro benzene ring substituents is 1. The standard InChI is InChI=1S/C24H17NO4/c1-28-24(20-10-6-3-7-11-20)21(13-12-18-8-4-2-5-9-18)16-19-17-22(25(26)27)14-15-23(19)29-24/h2-11,14-17H,1H3. The first kappa shape index (κ1) is 18.5. The highest BCUT2D eigenvalue weighted by atomic mass is 16.7. The number of hydrogen-bond acceptors (Lipinski definition) is 4. The SMILES string of the molecule is COC1(c2ccccc2)Oc2ccc([N+](=O)[O-])cc2C=C1C#Cc1ccccc1. The van der Waals surface area contributed by atoms with E-state index in [4.69, 9.17) is 9.47 Å². The summed E-state index contributed by atoms with van der Waals surface area (Å²) in [6, 6.07) is 23.5. The van der Waals surface area contributed by atoms with Gasteiger partial charge in [-0.05, 0) is 24.3 Å². The minimum Gasteiger partial charge on any atom is -0.452 e. The molecular formula is C24H17NO4. The summed E-state index contributed by atoms with van der Waals surface area (Å²) in [5, 5.41) is 11.2. The van der Waals surface area contributed by atoms with Crippen LogP contribution in [0.2, 0.25) is 0 Å². The fourth-order valence-electron chi connectivity index (χ4n) is 3.24. The van der Waals surface area contributed by atoms with Gasteiger partial charge in [0.05, 0.1) is 10.5 Å². The largest absolute Gasteiger partial charge is 0.452 e. The molecule has 0 aromatic heterocycles. The van der Waals surface area contributed by atoms with Crippen molar-refractivity contribution in [2.24, 2.45) is 0 Å². The summed E-state index contributed by atoms with van der Waals surface area (Å²) in [6.45, 7) is 0. The summed E-state index contributed by atoms with van der Waals surface area (Å²) in [6.07, 6.45) is 1.79. The molecule has 5 heteroatoms. The maximum Gasteiger partial charge on any atom is 0.271 e. The number of benzene rings is 3. The number of rotatable bonds is 3. The molecule has 0 spiro atoms. The summed E-state index contributed by atoms with van der Waals surface area (Å²) in [7, 11) is 1.56. The fourth-order valence-corrected chi connectivity index (χ4v) is 3.24. The normalized spacial score (nSPS) is 17.2. The van der Waals surface area contributed by atoms with Crippen LogP contribution < -0.4 is 4.74 Å². The Labute approximate surface area is 168 Å². The molecule has 0 N–H and O–H groups in total. The van der Waals surface area contributed by atoms with Gasteiger partial charge in [-0.2, -0.15) is 0 Å². The quantitative estimate of drug-likeness (QED) is 0.366. The zero-order valence-corrected chi connectivity index (χ0v) is 15.7. The summed E-state index contributed by atoms with van der Waals surface area (Å²) in [5.41, 5.74) is 2.75. The van der Waals surface area contributed by atoms with E-state index in [1.165, 1.54) is 12.1 Å². The molecule has 1 aliphatic rings. The molecule has 3 aromatic carbocycles. The number of nitro groups is 1. The molecule has 1 unspecified atom stereocenters. The van der Waals surface area contributed by atoms with Gasteiger partial charge in [0.1, 0.15) is 5.75 Å². The maximum absolute atomic E-state index is 11.2. The van der Waals surface area contributed by atoms with E-state index in [0.717, 1.165) is 11.1 Å². The van der Waals surface area contributed by atoms with Gasteiger partial charge in [-0.15, -0.1) is 0 Å². The number of ether oxygens (including phenoxy) is 2. The molecule has 1 aliphatic heterocycles. The van der Waals surface area contributed by atoms with Gasteiger partial charge < -0.3 is 9.47 Å². The van der Waals surface area contributed by atoms with Crippen LogP contribution in [0, 0.1) is 22.0 Å². The Hall–Kier alpha value is -3.88. The van der Waals surface area contributed by atoms with E-state index in [9.17, 15) is 10.1 Å². The van der Waals surface area contributed by atoms with Gasteiger partial charge >= 0.3 is 0 Å². The fraction of sp³-hybridized carbons (Fsp3) is 0.0833. The van der Waals surface area contributed by atoms with Crippen LogP contribution in [0.25, 0.3) is 6.08 Å². The molecular weight excluding hydrogens is 366 g/mol. The molecule has 0 aliphatic carbocycles. The topological polar surface area (TPSA) is 61.6 Å². The Bertz CT molecular complexity index is 1140. The lowest BCUT2D eigenvalue weighted by atomic mass is 9.92. The molecule has 0 radical (unpaired) electrons. The van der Waals surface area contributed by atoms with E-state index in [0.29, 0.717) is 16.9 Å². The highest BCUT2D eigenvalue weighted by Gasteiger charge is 2.42. The molecule has 0 saturated heterocycles. The first-order valence-electron chi connectivity index (χ1n) is 9.00. The molecule has 0 saturated carbocycles. The molecule has 0 bridgehead atoms. The van der Waals surface area contributed by atoms with Crippen LogP contribution in [0.15, 0.2) is 84.4 Å². The number of nitrogens with zero attached hydrogens (tertiary/aromatic N) is 1. The number of fused-ring (bicyclic) bond motifs is 1. The molecule has 1 atom stereocenters. The van der Waals surface area contributed by atoms with E-state index < -0.39 is 10.7 Å². The minimum absolute atomic E-state index is 0.0106. The summed E-state index contributed by atoms with van der Waals surface area (Å²) in [5.74, 6) is 5.54. The number of non-ortho nitro benzene ring substituents is 1. The van der Waals surface area contributed by atoms with Crippen molar-refractivity contribution >= 4 is 11.8 Å². The first-order chi connectivity index (χ1) is 14.1. The van der Waals surface area contributed by atoms with Crippen LogP contribution in [0.3, 0.4) is 0 Å². The van der Waals surface area contributed by atoms with Crippen molar-refractivity contribution in [2.75, 3.05) is 7.11 Å². The predicted molar refractivity (Wildman–Crippen MR) is 110 cm³/mol. The Morgan fingerprint density at radius 1 is 0.966 bits per heavy atom. The van der Waals surface area contributed by atoms with Crippen LogP contribution in [0.5, 0.6) is 5.75 Å². The zero-order valence-electron chi connectivity index (χ0n) is 15.7. The molecule has 29 heavy (non-hydrogen) atoms. The summed E-state index contributed by atoms with van der Waals surface area (Å²) in [4.78, 5) is 10.7. The summed E-state index contributed by atoms with van der Waals surface area (Å²) >= 11 is 0. The molecule has 0 amide bonds. The summed E-state index contributed by atoms with van der Waals surface area (Å²) < 4.78 is 12.1. The van der Waals surface area contributed by atoms with Crippen LogP contribution in [-0.2, 0) is 10.5 Å². The van der Waals surface area contributed by atoms with Crippen LogP contribution >= 0.6 is 0 Å².